The number of carbonyl (C=O) groups excluding carboxylic acids is 1. The Morgan fingerprint density at radius 2 is 1.54 bits per heavy atom. The topological polar surface area (TPSA) is 60.9 Å². The highest BCUT2D eigenvalue weighted by atomic mass is 35.5. The molecule has 3 heterocycles. The van der Waals surface area contributed by atoms with Gasteiger partial charge in [0.2, 0.25) is 10.0 Å². The Bertz CT molecular complexity index is 825. The van der Waals surface area contributed by atoms with Gasteiger partial charge >= 0.3 is 0 Å². The number of piperidine rings is 1. The molecule has 1 aromatic carbocycles. The first kappa shape index (κ1) is 20.1. The summed E-state index contributed by atoms with van der Waals surface area (Å²) in [5.74, 6) is -0.164. The first-order valence-electron chi connectivity index (χ1n) is 10.3. The maximum absolute atomic E-state index is 13.1. The molecule has 3 fully saturated rings. The third kappa shape index (κ3) is 3.95. The van der Waals surface area contributed by atoms with Crippen molar-refractivity contribution >= 4 is 27.5 Å². The quantitative estimate of drug-likeness (QED) is 0.744. The van der Waals surface area contributed by atoms with E-state index in [1.54, 1.807) is 0 Å². The summed E-state index contributed by atoms with van der Waals surface area (Å²) in [6, 6.07) is 5.07. The van der Waals surface area contributed by atoms with Crippen molar-refractivity contribution in [2.75, 3.05) is 39.3 Å². The monoisotopic (exact) mass is 425 g/mol. The second-order valence-electron chi connectivity index (χ2n) is 8.02. The Hall–Kier alpha value is -1.15. The molecule has 6 nitrogen and oxygen atoms in total. The van der Waals surface area contributed by atoms with Crippen LogP contribution < -0.4 is 0 Å². The molecule has 0 saturated carbocycles. The predicted molar refractivity (Wildman–Crippen MR) is 109 cm³/mol. The predicted octanol–water partition coefficient (Wildman–Crippen LogP) is 2.82. The van der Waals surface area contributed by atoms with Crippen molar-refractivity contribution < 1.29 is 13.2 Å². The molecule has 154 valence electrons. The van der Waals surface area contributed by atoms with Crippen LogP contribution in [-0.4, -0.2) is 73.7 Å². The van der Waals surface area contributed by atoms with Crippen molar-refractivity contribution in [3.05, 3.63) is 28.8 Å². The van der Waals surface area contributed by atoms with Crippen molar-refractivity contribution in [1.82, 2.24) is 14.1 Å². The number of hydrogen-bond donors (Lipinski definition) is 0. The molecule has 28 heavy (non-hydrogen) atoms. The fourth-order valence-electron chi connectivity index (χ4n) is 4.62. The van der Waals surface area contributed by atoms with Crippen LogP contribution in [-0.2, 0) is 10.0 Å². The summed E-state index contributed by atoms with van der Waals surface area (Å²) in [4.78, 5) is 17.6. The lowest BCUT2D eigenvalue weighted by atomic mass is 10.0. The zero-order chi connectivity index (χ0) is 19.7. The Morgan fingerprint density at radius 3 is 2.18 bits per heavy atom. The number of hydrogen-bond acceptors (Lipinski definition) is 4. The number of sulfonamides is 1. The standard InChI is InChI=1S/C20H28ClN3O3S/c21-19-6-5-17(28(26,27)24-11-3-4-12-24)15-18(19)20(25)23-13-7-16(8-14-23)22-9-1-2-10-22/h5-6,15-16H,1-4,7-14H2. The highest BCUT2D eigenvalue weighted by Gasteiger charge is 2.31. The average Bonchev–Trinajstić information content (AvgIpc) is 3.42. The van der Waals surface area contributed by atoms with Gasteiger partial charge < -0.3 is 9.80 Å². The van der Waals surface area contributed by atoms with Crippen LogP contribution in [0.2, 0.25) is 5.02 Å². The SMILES string of the molecule is O=C(c1cc(S(=O)(=O)N2CCCC2)ccc1Cl)N1CCC(N2CCCC2)CC1. The molecule has 0 unspecified atom stereocenters. The normalized spacial score (nSPS) is 22.8. The Kier molecular flexibility index (Phi) is 5.97. The number of rotatable bonds is 4. The van der Waals surface area contributed by atoms with Crippen LogP contribution in [0, 0.1) is 0 Å². The Morgan fingerprint density at radius 1 is 0.929 bits per heavy atom. The zero-order valence-electron chi connectivity index (χ0n) is 16.1. The Labute approximate surface area is 172 Å². The van der Waals surface area contributed by atoms with E-state index in [1.165, 1.54) is 48.4 Å². The van der Waals surface area contributed by atoms with Crippen LogP contribution >= 0.6 is 11.6 Å². The highest BCUT2D eigenvalue weighted by Crippen LogP contribution is 2.28. The summed E-state index contributed by atoms with van der Waals surface area (Å²) in [6.45, 7) is 4.80. The van der Waals surface area contributed by atoms with Gasteiger partial charge in [-0.1, -0.05) is 11.6 Å². The summed E-state index contributed by atoms with van der Waals surface area (Å²) >= 11 is 6.29. The van der Waals surface area contributed by atoms with Gasteiger partial charge in [-0.2, -0.15) is 4.31 Å². The van der Waals surface area contributed by atoms with E-state index in [9.17, 15) is 13.2 Å². The molecule has 3 aliphatic rings. The fourth-order valence-corrected chi connectivity index (χ4v) is 6.36. The molecule has 0 aliphatic carbocycles. The molecule has 0 N–H and O–H groups in total. The van der Waals surface area contributed by atoms with E-state index in [0.717, 1.165) is 25.7 Å². The number of amides is 1. The van der Waals surface area contributed by atoms with Crippen molar-refractivity contribution in [2.24, 2.45) is 0 Å². The smallest absolute Gasteiger partial charge is 0.255 e. The van der Waals surface area contributed by atoms with E-state index in [2.05, 4.69) is 4.90 Å². The average molecular weight is 426 g/mol. The summed E-state index contributed by atoms with van der Waals surface area (Å²) < 4.78 is 27.2. The molecule has 4 rings (SSSR count). The molecule has 1 amide bonds. The molecule has 3 saturated heterocycles. The fraction of sp³-hybridized carbons (Fsp3) is 0.650. The molecular weight excluding hydrogens is 398 g/mol. The number of halogens is 1. The molecule has 0 atom stereocenters. The minimum Gasteiger partial charge on any atom is -0.338 e. The van der Waals surface area contributed by atoms with Gasteiger partial charge in [-0.25, -0.2) is 8.42 Å². The second kappa shape index (κ2) is 8.30. The third-order valence-electron chi connectivity index (χ3n) is 6.28. The van der Waals surface area contributed by atoms with E-state index in [1.807, 2.05) is 4.90 Å². The van der Waals surface area contributed by atoms with E-state index >= 15 is 0 Å². The number of nitrogens with zero attached hydrogens (tertiary/aromatic N) is 3. The van der Waals surface area contributed by atoms with Gasteiger partial charge in [0.15, 0.2) is 0 Å². The largest absolute Gasteiger partial charge is 0.338 e. The number of likely N-dealkylation sites (tertiary alicyclic amines) is 2. The molecule has 0 bridgehead atoms. The van der Waals surface area contributed by atoms with Crippen molar-refractivity contribution in [3.8, 4) is 0 Å². The lowest BCUT2D eigenvalue weighted by Gasteiger charge is -2.36. The van der Waals surface area contributed by atoms with Gasteiger partial charge in [0.05, 0.1) is 15.5 Å². The first-order chi connectivity index (χ1) is 13.5. The maximum Gasteiger partial charge on any atom is 0.255 e. The Balaban J connectivity index is 1.48. The van der Waals surface area contributed by atoms with Crippen molar-refractivity contribution in [2.45, 2.75) is 49.5 Å². The maximum atomic E-state index is 13.1. The van der Waals surface area contributed by atoms with Gasteiger partial charge in [-0.05, 0) is 69.8 Å². The minimum absolute atomic E-state index is 0.161. The number of carbonyl (C=O) groups is 1. The lowest BCUT2D eigenvalue weighted by Crippen LogP contribution is -2.46. The lowest BCUT2D eigenvalue weighted by molar-refractivity contribution is 0.0644. The van der Waals surface area contributed by atoms with Crippen LogP contribution in [0.1, 0.15) is 48.9 Å². The van der Waals surface area contributed by atoms with Crippen LogP contribution in [0.15, 0.2) is 23.1 Å². The van der Waals surface area contributed by atoms with Crippen molar-refractivity contribution in [3.63, 3.8) is 0 Å². The van der Waals surface area contributed by atoms with E-state index in [4.69, 9.17) is 11.6 Å². The minimum atomic E-state index is -3.56. The highest BCUT2D eigenvalue weighted by molar-refractivity contribution is 7.89. The molecule has 0 spiro atoms. The van der Waals surface area contributed by atoms with Crippen LogP contribution in [0.3, 0.4) is 0 Å². The molecule has 3 aliphatic heterocycles. The summed E-state index contributed by atoms with van der Waals surface area (Å²) in [7, 11) is -3.56. The summed E-state index contributed by atoms with van der Waals surface area (Å²) in [6.07, 6.45) is 6.24. The molecular formula is C20H28ClN3O3S. The van der Waals surface area contributed by atoms with Crippen LogP contribution in [0.4, 0.5) is 0 Å². The first-order valence-corrected chi connectivity index (χ1v) is 12.1. The van der Waals surface area contributed by atoms with Gasteiger partial charge in [-0.15, -0.1) is 0 Å². The van der Waals surface area contributed by atoms with Crippen LogP contribution in [0.5, 0.6) is 0 Å². The van der Waals surface area contributed by atoms with Crippen LogP contribution in [0.25, 0.3) is 0 Å². The van der Waals surface area contributed by atoms with E-state index < -0.39 is 10.0 Å². The molecule has 8 heteroatoms. The molecule has 0 radical (unpaired) electrons. The third-order valence-corrected chi connectivity index (χ3v) is 8.50. The van der Waals surface area contributed by atoms with Gasteiger partial charge in [0.1, 0.15) is 0 Å². The summed E-state index contributed by atoms with van der Waals surface area (Å²) in [5.41, 5.74) is 0.293. The zero-order valence-corrected chi connectivity index (χ0v) is 17.7. The summed E-state index contributed by atoms with van der Waals surface area (Å²) in [5, 5.41) is 0.312. The van der Waals surface area contributed by atoms with E-state index in [0.29, 0.717) is 42.8 Å². The molecule has 0 aromatic heterocycles. The molecule has 1 aromatic rings. The van der Waals surface area contributed by atoms with E-state index in [-0.39, 0.29) is 10.8 Å². The number of benzene rings is 1. The van der Waals surface area contributed by atoms with Crippen molar-refractivity contribution in [1.29, 1.82) is 0 Å². The van der Waals surface area contributed by atoms with Gasteiger partial charge in [0.25, 0.3) is 5.91 Å². The second-order valence-corrected chi connectivity index (χ2v) is 10.4. The van der Waals surface area contributed by atoms with Gasteiger partial charge in [0, 0.05) is 32.2 Å². The van der Waals surface area contributed by atoms with Gasteiger partial charge in [-0.3, -0.25) is 4.79 Å².